The van der Waals surface area contributed by atoms with Crippen LogP contribution < -0.4 is 0 Å². The average Bonchev–Trinajstić information content (AvgIpc) is 1.87. The maximum absolute atomic E-state index is 10.8. The highest BCUT2D eigenvalue weighted by molar-refractivity contribution is 5.83. The molecule has 0 saturated heterocycles. The largest absolute Gasteiger partial charge is 0.436 e. The van der Waals surface area contributed by atoms with Crippen molar-refractivity contribution in [1.82, 2.24) is 0 Å². The molecule has 0 aliphatic rings. The smallest absolute Gasteiger partial charge is 0.314 e. The van der Waals surface area contributed by atoms with Crippen molar-refractivity contribution in [3.63, 3.8) is 0 Å². The highest BCUT2D eigenvalue weighted by Gasteiger charge is 2.12. The van der Waals surface area contributed by atoms with Gasteiger partial charge in [0.2, 0.25) is 0 Å². The lowest BCUT2D eigenvalue weighted by Crippen LogP contribution is -2.19. The number of ether oxygens (including phenoxy) is 2. The van der Waals surface area contributed by atoms with Crippen LogP contribution >= 0.6 is 0 Å². The Hall–Kier alpha value is -0.570. The second-order valence-corrected chi connectivity index (χ2v) is 2.21. The molecule has 1 atom stereocenters. The second kappa shape index (κ2) is 4.28. The lowest BCUT2D eigenvalue weighted by molar-refractivity contribution is -0.167. The molecule has 1 radical (unpaired) electrons. The van der Waals surface area contributed by atoms with E-state index in [2.05, 4.69) is 0 Å². The normalized spacial score (nSPS) is 13.3. The lowest BCUT2D eigenvalue weighted by Gasteiger charge is -2.11. The molecule has 0 aromatic carbocycles. The van der Waals surface area contributed by atoms with E-state index in [0.29, 0.717) is 5.92 Å². The monoisotopic (exact) mass is 145 g/mol. The van der Waals surface area contributed by atoms with Crippen LogP contribution in [-0.4, -0.2) is 19.4 Å². The van der Waals surface area contributed by atoms with E-state index in [9.17, 15) is 4.79 Å². The minimum absolute atomic E-state index is 0.311. The number of esters is 1. The first kappa shape index (κ1) is 9.43. The molecule has 0 rings (SSSR count). The third kappa shape index (κ3) is 3.45. The van der Waals surface area contributed by atoms with Crippen LogP contribution in [0.25, 0.3) is 0 Å². The number of rotatable bonds is 3. The molecule has 0 heterocycles. The zero-order chi connectivity index (χ0) is 8.15. The van der Waals surface area contributed by atoms with Crippen LogP contribution in [0.15, 0.2) is 0 Å². The molecular formula is C7H13O3. The van der Waals surface area contributed by atoms with Crippen LogP contribution in [-0.2, 0) is 14.3 Å². The van der Waals surface area contributed by atoms with Crippen LogP contribution in [0.4, 0.5) is 0 Å². The van der Waals surface area contributed by atoms with E-state index >= 15 is 0 Å². The molecule has 0 N–H and O–H groups in total. The summed E-state index contributed by atoms with van der Waals surface area (Å²) in [7, 11) is 1.49. The van der Waals surface area contributed by atoms with Gasteiger partial charge in [0, 0.05) is 7.11 Å². The summed E-state index contributed by atoms with van der Waals surface area (Å²) < 4.78 is 9.48. The minimum atomic E-state index is -0.456. The molecule has 0 amide bonds. The van der Waals surface area contributed by atoms with E-state index in [4.69, 9.17) is 9.47 Å². The molecule has 0 aromatic heterocycles. The molecule has 0 aliphatic carbocycles. The summed E-state index contributed by atoms with van der Waals surface area (Å²) in [5, 5.41) is 0. The Morgan fingerprint density at radius 2 is 1.90 bits per heavy atom. The summed E-state index contributed by atoms with van der Waals surface area (Å²) in [5.74, 6) is 0.318. The predicted molar refractivity (Wildman–Crippen MR) is 37.2 cm³/mol. The van der Waals surface area contributed by atoms with E-state index in [1.807, 2.05) is 0 Å². The Morgan fingerprint density at radius 3 is 2.20 bits per heavy atom. The lowest BCUT2D eigenvalue weighted by atomic mass is 10.2. The number of carbonyl (C=O) groups excluding carboxylic acids is 1. The van der Waals surface area contributed by atoms with Crippen molar-refractivity contribution in [3.8, 4) is 0 Å². The Morgan fingerprint density at radius 1 is 1.40 bits per heavy atom. The van der Waals surface area contributed by atoms with E-state index in [1.165, 1.54) is 7.11 Å². The topological polar surface area (TPSA) is 35.5 Å². The first-order valence-electron chi connectivity index (χ1n) is 3.12. The Bertz CT molecular complexity index is 109. The summed E-state index contributed by atoms with van der Waals surface area (Å²) in [6.07, 6.45) is -0.456. The summed E-state index contributed by atoms with van der Waals surface area (Å²) in [4.78, 5) is 10.8. The molecule has 59 valence electrons. The number of hydrogen-bond donors (Lipinski definition) is 0. The molecular weight excluding hydrogens is 132 g/mol. The van der Waals surface area contributed by atoms with Gasteiger partial charge >= 0.3 is 5.97 Å². The Kier molecular flexibility index (Phi) is 4.03. The molecule has 0 aromatic rings. The second-order valence-electron chi connectivity index (χ2n) is 2.21. The maximum Gasteiger partial charge on any atom is 0.314 e. The van der Waals surface area contributed by atoms with Gasteiger partial charge in [0.25, 0.3) is 0 Å². The first-order chi connectivity index (χ1) is 4.57. The quantitative estimate of drug-likeness (QED) is 0.441. The molecule has 0 spiro atoms. The van der Waals surface area contributed by atoms with Crippen LogP contribution in [0.2, 0.25) is 0 Å². The summed E-state index contributed by atoms with van der Waals surface area (Å²) in [6, 6.07) is 0. The van der Waals surface area contributed by atoms with Gasteiger partial charge in [-0.3, -0.25) is 4.79 Å². The van der Waals surface area contributed by atoms with Gasteiger partial charge in [0.15, 0.2) is 6.29 Å². The molecule has 3 nitrogen and oxygen atoms in total. The average molecular weight is 145 g/mol. The molecule has 0 aliphatic heterocycles. The standard InChI is InChI=1S/C7H13O3/c1-5(2)7(8)10-6(3)9-4/h6H,1-4H3. The van der Waals surface area contributed by atoms with Crippen molar-refractivity contribution >= 4 is 5.97 Å². The SMILES string of the molecule is COC(C)OC(=O)[C](C)C. The van der Waals surface area contributed by atoms with Crippen LogP contribution in [0.1, 0.15) is 20.8 Å². The van der Waals surface area contributed by atoms with Gasteiger partial charge in [0.1, 0.15) is 0 Å². The van der Waals surface area contributed by atoms with Crippen molar-refractivity contribution in [3.05, 3.63) is 5.92 Å². The van der Waals surface area contributed by atoms with E-state index in [-0.39, 0.29) is 5.97 Å². The zero-order valence-corrected chi connectivity index (χ0v) is 6.80. The highest BCUT2D eigenvalue weighted by atomic mass is 16.7. The summed E-state index contributed by atoms with van der Waals surface area (Å²) >= 11 is 0. The molecule has 10 heavy (non-hydrogen) atoms. The van der Waals surface area contributed by atoms with Gasteiger partial charge in [-0.15, -0.1) is 0 Å². The minimum Gasteiger partial charge on any atom is -0.436 e. The third-order valence-corrected chi connectivity index (χ3v) is 1.01. The van der Waals surface area contributed by atoms with Crippen LogP contribution in [0.5, 0.6) is 0 Å². The molecule has 0 bridgehead atoms. The van der Waals surface area contributed by atoms with Crippen molar-refractivity contribution in [1.29, 1.82) is 0 Å². The van der Waals surface area contributed by atoms with Crippen LogP contribution in [0, 0.1) is 5.92 Å². The summed E-state index contributed by atoms with van der Waals surface area (Å²) in [6.45, 7) is 5.07. The third-order valence-electron chi connectivity index (χ3n) is 1.01. The number of methoxy groups -OCH3 is 1. The Balaban J connectivity index is 3.57. The van der Waals surface area contributed by atoms with Crippen molar-refractivity contribution in [2.75, 3.05) is 7.11 Å². The predicted octanol–water partition coefficient (Wildman–Crippen LogP) is 1.14. The van der Waals surface area contributed by atoms with Gasteiger partial charge in [-0.1, -0.05) is 0 Å². The Labute approximate surface area is 61.3 Å². The number of carbonyl (C=O) groups is 1. The van der Waals surface area contributed by atoms with Gasteiger partial charge < -0.3 is 9.47 Å². The fraction of sp³-hybridized carbons (Fsp3) is 0.714. The van der Waals surface area contributed by atoms with Crippen LogP contribution in [0.3, 0.4) is 0 Å². The van der Waals surface area contributed by atoms with Crippen molar-refractivity contribution in [2.24, 2.45) is 0 Å². The van der Waals surface area contributed by atoms with Gasteiger partial charge in [-0.25, -0.2) is 0 Å². The van der Waals surface area contributed by atoms with Crippen molar-refractivity contribution in [2.45, 2.75) is 27.1 Å². The van der Waals surface area contributed by atoms with Crippen molar-refractivity contribution < 1.29 is 14.3 Å². The van der Waals surface area contributed by atoms with E-state index in [1.54, 1.807) is 20.8 Å². The molecule has 3 heteroatoms. The fourth-order valence-electron chi connectivity index (χ4n) is 0.317. The summed E-state index contributed by atoms with van der Waals surface area (Å²) in [5.41, 5.74) is 0. The molecule has 0 fully saturated rings. The van der Waals surface area contributed by atoms with Gasteiger partial charge in [-0.05, 0) is 20.8 Å². The van der Waals surface area contributed by atoms with Gasteiger partial charge in [0.05, 0.1) is 5.92 Å². The van der Waals surface area contributed by atoms with E-state index in [0.717, 1.165) is 0 Å². The molecule has 0 saturated carbocycles. The van der Waals surface area contributed by atoms with E-state index < -0.39 is 6.29 Å². The first-order valence-corrected chi connectivity index (χ1v) is 3.12. The fourth-order valence-corrected chi connectivity index (χ4v) is 0.317. The highest BCUT2D eigenvalue weighted by Crippen LogP contribution is 2.01. The molecule has 1 unspecified atom stereocenters. The number of hydrogen-bond acceptors (Lipinski definition) is 3. The zero-order valence-electron chi connectivity index (χ0n) is 6.80. The maximum atomic E-state index is 10.8. The van der Waals surface area contributed by atoms with Gasteiger partial charge in [-0.2, -0.15) is 0 Å².